The SMILES string of the molecule is O=[N+]([O-])C12CCCON1OC(c1ccccc1)C2. The van der Waals surface area contributed by atoms with E-state index in [0.29, 0.717) is 25.9 Å². The highest BCUT2D eigenvalue weighted by atomic mass is 17.0. The lowest BCUT2D eigenvalue weighted by Crippen LogP contribution is -2.52. The van der Waals surface area contributed by atoms with Crippen LogP contribution in [0.2, 0.25) is 0 Å². The Hall–Kier alpha value is -1.50. The molecule has 2 aliphatic heterocycles. The lowest BCUT2D eigenvalue weighted by Gasteiger charge is -2.30. The molecule has 2 aliphatic rings. The predicted molar refractivity (Wildman–Crippen MR) is 61.6 cm³/mol. The molecule has 6 heteroatoms. The molecule has 1 aromatic rings. The van der Waals surface area contributed by atoms with E-state index in [1.54, 1.807) is 0 Å². The second-order valence-electron chi connectivity index (χ2n) is 4.64. The first kappa shape index (κ1) is 11.6. The zero-order valence-corrected chi connectivity index (χ0v) is 9.82. The monoisotopic (exact) mass is 250 g/mol. The highest BCUT2D eigenvalue weighted by Gasteiger charge is 2.60. The van der Waals surface area contributed by atoms with E-state index in [2.05, 4.69) is 0 Å². The standard InChI is InChI=1S/C12H14N2O4/c15-13(16)12-7-4-8-17-14(12)18-11(9-12)10-5-2-1-3-6-10/h1-3,5-6,11H,4,7-9H2. The third-order valence-corrected chi connectivity index (χ3v) is 3.52. The van der Waals surface area contributed by atoms with Gasteiger partial charge >= 0.3 is 5.66 Å². The van der Waals surface area contributed by atoms with Gasteiger partial charge in [0.25, 0.3) is 0 Å². The first-order valence-electron chi connectivity index (χ1n) is 6.02. The molecule has 6 nitrogen and oxygen atoms in total. The maximum Gasteiger partial charge on any atom is 0.324 e. The average molecular weight is 250 g/mol. The first-order chi connectivity index (χ1) is 8.72. The fraction of sp³-hybridized carbons (Fsp3) is 0.500. The third-order valence-electron chi connectivity index (χ3n) is 3.52. The van der Waals surface area contributed by atoms with Crippen LogP contribution >= 0.6 is 0 Å². The number of fused-ring (bicyclic) bond motifs is 1. The molecule has 2 saturated heterocycles. The number of rotatable bonds is 2. The van der Waals surface area contributed by atoms with Gasteiger partial charge in [0.1, 0.15) is 6.10 Å². The second-order valence-corrected chi connectivity index (χ2v) is 4.64. The van der Waals surface area contributed by atoms with Gasteiger partial charge in [-0.1, -0.05) is 30.3 Å². The van der Waals surface area contributed by atoms with Gasteiger partial charge in [-0.2, -0.15) is 0 Å². The number of hydroxylamine groups is 2. The highest BCUT2D eigenvalue weighted by molar-refractivity contribution is 5.18. The summed E-state index contributed by atoms with van der Waals surface area (Å²) in [6.07, 6.45) is 1.16. The van der Waals surface area contributed by atoms with Crippen molar-refractivity contribution in [1.29, 1.82) is 0 Å². The minimum atomic E-state index is -1.22. The van der Waals surface area contributed by atoms with Crippen LogP contribution in [0.25, 0.3) is 0 Å². The van der Waals surface area contributed by atoms with E-state index in [9.17, 15) is 10.1 Å². The van der Waals surface area contributed by atoms with E-state index >= 15 is 0 Å². The molecular weight excluding hydrogens is 236 g/mol. The Bertz CT molecular complexity index is 453. The Morgan fingerprint density at radius 3 is 2.83 bits per heavy atom. The maximum atomic E-state index is 11.3. The Kier molecular flexibility index (Phi) is 2.77. The molecule has 0 aromatic heterocycles. The summed E-state index contributed by atoms with van der Waals surface area (Å²) in [7, 11) is 0. The van der Waals surface area contributed by atoms with E-state index in [1.165, 1.54) is 0 Å². The highest BCUT2D eigenvalue weighted by Crippen LogP contribution is 2.45. The van der Waals surface area contributed by atoms with Crippen LogP contribution in [-0.2, 0) is 9.68 Å². The summed E-state index contributed by atoms with van der Waals surface area (Å²) in [4.78, 5) is 21.9. The Morgan fingerprint density at radius 1 is 1.39 bits per heavy atom. The number of hydrogen-bond acceptors (Lipinski definition) is 5. The van der Waals surface area contributed by atoms with E-state index in [-0.39, 0.29) is 11.0 Å². The van der Waals surface area contributed by atoms with E-state index < -0.39 is 5.66 Å². The van der Waals surface area contributed by atoms with E-state index in [1.807, 2.05) is 30.3 Å². The van der Waals surface area contributed by atoms with Gasteiger partial charge in [-0.05, 0) is 12.0 Å². The van der Waals surface area contributed by atoms with E-state index in [4.69, 9.17) is 9.68 Å². The first-order valence-corrected chi connectivity index (χ1v) is 6.02. The zero-order chi connectivity index (χ0) is 12.6. The van der Waals surface area contributed by atoms with Crippen LogP contribution in [0.4, 0.5) is 0 Å². The number of hydrogen-bond donors (Lipinski definition) is 0. The molecule has 2 fully saturated rings. The molecular formula is C12H14N2O4. The van der Waals surface area contributed by atoms with Gasteiger partial charge in [-0.25, -0.2) is 0 Å². The van der Waals surface area contributed by atoms with Crippen LogP contribution in [0.3, 0.4) is 0 Å². The van der Waals surface area contributed by atoms with Crippen molar-refractivity contribution < 1.29 is 14.6 Å². The van der Waals surface area contributed by atoms with Crippen molar-refractivity contribution in [2.45, 2.75) is 31.0 Å². The molecule has 0 aliphatic carbocycles. The van der Waals surface area contributed by atoms with Gasteiger partial charge in [0.05, 0.1) is 13.0 Å². The minimum absolute atomic E-state index is 0.283. The molecule has 0 radical (unpaired) electrons. The molecule has 0 N–H and O–H groups in total. The third kappa shape index (κ3) is 1.69. The number of nitro groups is 1. The maximum absolute atomic E-state index is 11.3. The van der Waals surface area contributed by atoms with Crippen LogP contribution < -0.4 is 0 Å². The average Bonchev–Trinajstić information content (AvgIpc) is 2.80. The van der Waals surface area contributed by atoms with Gasteiger partial charge in [0, 0.05) is 16.6 Å². The van der Waals surface area contributed by atoms with Crippen molar-refractivity contribution in [2.75, 3.05) is 6.61 Å². The van der Waals surface area contributed by atoms with Crippen LogP contribution in [0.15, 0.2) is 30.3 Å². The predicted octanol–water partition coefficient (Wildman–Crippen LogP) is 2.06. The van der Waals surface area contributed by atoms with Crippen LogP contribution in [0, 0.1) is 10.1 Å². The largest absolute Gasteiger partial charge is 0.324 e. The van der Waals surface area contributed by atoms with Crippen LogP contribution in [0.1, 0.15) is 30.9 Å². The lowest BCUT2D eigenvalue weighted by atomic mass is 9.95. The molecule has 2 unspecified atom stereocenters. The summed E-state index contributed by atoms with van der Waals surface area (Å²) in [5, 5.41) is 12.4. The van der Waals surface area contributed by atoms with Crippen LogP contribution in [0.5, 0.6) is 0 Å². The van der Waals surface area contributed by atoms with Crippen molar-refractivity contribution in [3.8, 4) is 0 Å². The summed E-state index contributed by atoms with van der Waals surface area (Å²) in [5.74, 6) is 0. The Labute approximate surface area is 104 Å². The molecule has 0 saturated carbocycles. The van der Waals surface area contributed by atoms with Gasteiger partial charge in [-0.3, -0.25) is 19.8 Å². The van der Waals surface area contributed by atoms with Crippen molar-refractivity contribution in [1.82, 2.24) is 5.23 Å². The molecule has 96 valence electrons. The van der Waals surface area contributed by atoms with Crippen molar-refractivity contribution >= 4 is 0 Å². The summed E-state index contributed by atoms with van der Waals surface area (Å²) < 4.78 is 0. The molecule has 18 heavy (non-hydrogen) atoms. The number of nitrogens with zero attached hydrogens (tertiary/aromatic N) is 2. The van der Waals surface area contributed by atoms with Gasteiger partial charge in [0.15, 0.2) is 0 Å². The fourth-order valence-electron chi connectivity index (χ4n) is 2.55. The minimum Gasteiger partial charge on any atom is -0.268 e. The van der Waals surface area contributed by atoms with Crippen molar-refractivity contribution in [3.63, 3.8) is 0 Å². The molecule has 2 heterocycles. The summed E-state index contributed by atoms with van der Waals surface area (Å²) in [6, 6.07) is 9.53. The second kappa shape index (κ2) is 4.31. The van der Waals surface area contributed by atoms with Gasteiger partial charge < -0.3 is 0 Å². The Balaban J connectivity index is 1.89. The normalized spacial score (nSPS) is 32.1. The van der Waals surface area contributed by atoms with Crippen LogP contribution in [-0.4, -0.2) is 22.4 Å². The fourth-order valence-corrected chi connectivity index (χ4v) is 2.55. The van der Waals surface area contributed by atoms with Gasteiger partial charge in [-0.15, -0.1) is 0 Å². The molecule has 0 amide bonds. The smallest absolute Gasteiger partial charge is 0.268 e. The lowest BCUT2D eigenvalue weighted by molar-refractivity contribution is -0.656. The van der Waals surface area contributed by atoms with Crippen molar-refractivity contribution in [2.24, 2.45) is 0 Å². The number of benzene rings is 1. The summed E-state index contributed by atoms with van der Waals surface area (Å²) in [6.45, 7) is 0.469. The van der Waals surface area contributed by atoms with Crippen molar-refractivity contribution in [3.05, 3.63) is 46.0 Å². The van der Waals surface area contributed by atoms with Gasteiger partial charge in [0.2, 0.25) is 0 Å². The molecule has 1 aromatic carbocycles. The Morgan fingerprint density at radius 2 is 2.17 bits per heavy atom. The topological polar surface area (TPSA) is 64.8 Å². The molecule has 3 rings (SSSR count). The summed E-state index contributed by atoms with van der Waals surface area (Å²) in [5.41, 5.74) is -0.282. The van der Waals surface area contributed by atoms with E-state index in [0.717, 1.165) is 10.8 Å². The molecule has 0 spiro atoms. The molecule has 2 atom stereocenters. The zero-order valence-electron chi connectivity index (χ0n) is 9.82. The molecule has 0 bridgehead atoms. The quantitative estimate of drug-likeness (QED) is 0.593. The summed E-state index contributed by atoms with van der Waals surface area (Å²) >= 11 is 0.